The first-order chi connectivity index (χ1) is 10.5. The minimum Gasteiger partial charge on any atom is -0.477 e. The van der Waals surface area contributed by atoms with E-state index >= 15 is 0 Å². The van der Waals surface area contributed by atoms with Crippen molar-refractivity contribution >= 4 is 11.6 Å². The van der Waals surface area contributed by atoms with Crippen LogP contribution in [0.15, 0.2) is 12.3 Å². The first-order valence-electron chi connectivity index (χ1n) is 7.92. The number of ether oxygens (including phenoxy) is 2. The number of unbranched alkanes of at least 4 members (excludes halogenated alkanes) is 1. The number of pyridine rings is 1. The average molecular weight is 308 g/mol. The molecule has 0 aliphatic heterocycles. The van der Waals surface area contributed by atoms with Crippen molar-refractivity contribution in [2.24, 2.45) is 0 Å². The van der Waals surface area contributed by atoms with E-state index in [-0.39, 0.29) is 5.91 Å². The van der Waals surface area contributed by atoms with E-state index in [9.17, 15) is 4.79 Å². The Bertz CT molecular complexity index is 491. The van der Waals surface area contributed by atoms with Crippen molar-refractivity contribution in [1.29, 1.82) is 0 Å². The summed E-state index contributed by atoms with van der Waals surface area (Å²) in [4.78, 5) is 16.6. The molecule has 1 unspecified atom stereocenters. The molecular formula is C17H28N2O3. The Hall–Kier alpha value is -1.62. The molecule has 0 saturated carbocycles. The number of rotatable bonds is 9. The predicted octanol–water partition coefficient (Wildman–Crippen LogP) is 3.71. The van der Waals surface area contributed by atoms with Gasteiger partial charge in [-0.05, 0) is 32.8 Å². The van der Waals surface area contributed by atoms with Crippen LogP contribution in [0, 0.1) is 6.92 Å². The Balaban J connectivity index is 2.74. The Labute approximate surface area is 133 Å². The highest BCUT2D eigenvalue weighted by Gasteiger charge is 2.32. The topological polar surface area (TPSA) is 60.5 Å². The largest absolute Gasteiger partial charge is 0.477 e. The number of carbonyl (C=O) groups excluding carboxylic acids is 1. The molecule has 0 fully saturated rings. The van der Waals surface area contributed by atoms with Gasteiger partial charge in [0, 0.05) is 12.7 Å². The monoisotopic (exact) mass is 308 g/mol. The Kier molecular flexibility index (Phi) is 7.32. The highest BCUT2D eigenvalue weighted by Crippen LogP contribution is 2.22. The Morgan fingerprint density at radius 1 is 1.36 bits per heavy atom. The van der Waals surface area contributed by atoms with E-state index in [0.717, 1.165) is 24.8 Å². The number of hydrogen-bond donors (Lipinski definition) is 1. The molecule has 1 rings (SSSR count). The van der Waals surface area contributed by atoms with Gasteiger partial charge in [0.05, 0.1) is 18.5 Å². The van der Waals surface area contributed by atoms with E-state index in [4.69, 9.17) is 9.47 Å². The molecule has 0 radical (unpaired) electrons. The number of aryl methyl sites for hydroxylation is 1. The Morgan fingerprint density at radius 2 is 2.09 bits per heavy atom. The number of carbonyl (C=O) groups is 1. The van der Waals surface area contributed by atoms with Crippen LogP contribution in [-0.2, 0) is 9.53 Å². The van der Waals surface area contributed by atoms with Crippen molar-refractivity contribution in [3.63, 3.8) is 0 Å². The van der Waals surface area contributed by atoms with Crippen molar-refractivity contribution in [3.8, 4) is 5.88 Å². The molecule has 1 aromatic rings. The minimum absolute atomic E-state index is 0.155. The van der Waals surface area contributed by atoms with Gasteiger partial charge in [-0.15, -0.1) is 0 Å². The first kappa shape index (κ1) is 18.4. The van der Waals surface area contributed by atoms with Crippen molar-refractivity contribution in [1.82, 2.24) is 4.98 Å². The molecule has 5 heteroatoms. The fraction of sp³-hybridized carbons (Fsp3) is 0.647. The summed E-state index contributed by atoms with van der Waals surface area (Å²) >= 11 is 0. The number of amides is 1. The van der Waals surface area contributed by atoms with Crippen LogP contribution in [0.5, 0.6) is 5.88 Å². The van der Waals surface area contributed by atoms with Crippen molar-refractivity contribution in [2.45, 2.75) is 59.0 Å². The van der Waals surface area contributed by atoms with Crippen LogP contribution in [0.3, 0.4) is 0 Å². The first-order valence-corrected chi connectivity index (χ1v) is 7.92. The summed E-state index contributed by atoms with van der Waals surface area (Å²) in [6, 6.07) is 1.87. The number of nitrogens with zero attached hydrogens (tertiary/aromatic N) is 1. The van der Waals surface area contributed by atoms with Gasteiger partial charge in [-0.25, -0.2) is 4.98 Å². The fourth-order valence-electron chi connectivity index (χ4n) is 2.14. The standard InChI is InChI=1S/C17H28N2O3/c1-6-8-10-22-15-13(3)11-14(12-18-15)19-16(20)17(4,21-5)9-7-2/h11-12H,6-10H2,1-5H3,(H,19,20). The zero-order valence-electron chi connectivity index (χ0n) is 14.4. The highest BCUT2D eigenvalue weighted by atomic mass is 16.5. The van der Waals surface area contributed by atoms with Crippen LogP contribution < -0.4 is 10.1 Å². The van der Waals surface area contributed by atoms with Crippen LogP contribution in [0.25, 0.3) is 0 Å². The zero-order valence-corrected chi connectivity index (χ0v) is 14.4. The second-order valence-corrected chi connectivity index (χ2v) is 5.69. The highest BCUT2D eigenvalue weighted by molar-refractivity contribution is 5.97. The molecule has 0 aliphatic rings. The van der Waals surface area contributed by atoms with Gasteiger partial charge >= 0.3 is 0 Å². The molecule has 0 saturated heterocycles. The molecule has 5 nitrogen and oxygen atoms in total. The van der Waals surface area contributed by atoms with Crippen molar-refractivity contribution in [2.75, 3.05) is 19.0 Å². The van der Waals surface area contributed by atoms with Gasteiger partial charge in [0.15, 0.2) is 0 Å². The molecule has 1 aromatic heterocycles. The molecular weight excluding hydrogens is 280 g/mol. The lowest BCUT2D eigenvalue weighted by molar-refractivity contribution is -0.136. The lowest BCUT2D eigenvalue weighted by atomic mass is 9.99. The van der Waals surface area contributed by atoms with Crippen LogP contribution in [0.4, 0.5) is 5.69 Å². The molecule has 1 atom stereocenters. The molecule has 1 heterocycles. The molecule has 124 valence electrons. The SMILES string of the molecule is CCCCOc1ncc(NC(=O)C(C)(CCC)OC)cc1C. The van der Waals surface area contributed by atoms with Gasteiger partial charge < -0.3 is 14.8 Å². The summed E-state index contributed by atoms with van der Waals surface area (Å²) in [5.74, 6) is 0.465. The third-order valence-electron chi connectivity index (χ3n) is 3.68. The summed E-state index contributed by atoms with van der Waals surface area (Å²) in [5, 5.41) is 2.87. The summed E-state index contributed by atoms with van der Waals surface area (Å²) in [6.07, 6.45) is 5.25. The van der Waals surface area contributed by atoms with Gasteiger partial charge in [0.1, 0.15) is 5.60 Å². The van der Waals surface area contributed by atoms with E-state index in [1.807, 2.05) is 19.9 Å². The molecule has 0 aliphatic carbocycles. The smallest absolute Gasteiger partial charge is 0.256 e. The van der Waals surface area contributed by atoms with Gasteiger partial charge in [-0.2, -0.15) is 0 Å². The molecule has 22 heavy (non-hydrogen) atoms. The summed E-state index contributed by atoms with van der Waals surface area (Å²) in [5.41, 5.74) is 0.743. The lowest BCUT2D eigenvalue weighted by Gasteiger charge is -2.26. The third kappa shape index (κ3) is 4.98. The van der Waals surface area contributed by atoms with Gasteiger partial charge in [-0.1, -0.05) is 26.7 Å². The zero-order chi connectivity index (χ0) is 16.6. The molecule has 0 aromatic carbocycles. The van der Waals surface area contributed by atoms with Crippen molar-refractivity contribution < 1.29 is 14.3 Å². The number of nitrogens with one attached hydrogen (secondary N) is 1. The Morgan fingerprint density at radius 3 is 2.64 bits per heavy atom. The van der Waals surface area contributed by atoms with Crippen LogP contribution in [0.2, 0.25) is 0 Å². The summed E-state index contributed by atoms with van der Waals surface area (Å²) in [7, 11) is 1.56. The second-order valence-electron chi connectivity index (χ2n) is 5.69. The lowest BCUT2D eigenvalue weighted by Crippen LogP contribution is -2.41. The fourth-order valence-corrected chi connectivity index (χ4v) is 2.14. The summed E-state index contributed by atoms with van der Waals surface area (Å²) < 4.78 is 11.0. The predicted molar refractivity (Wildman–Crippen MR) is 88.3 cm³/mol. The van der Waals surface area contributed by atoms with Crippen molar-refractivity contribution in [3.05, 3.63) is 17.8 Å². The van der Waals surface area contributed by atoms with E-state index in [2.05, 4.69) is 17.2 Å². The third-order valence-corrected chi connectivity index (χ3v) is 3.68. The quantitative estimate of drug-likeness (QED) is 0.706. The molecule has 1 amide bonds. The summed E-state index contributed by atoms with van der Waals surface area (Å²) in [6.45, 7) is 8.53. The van der Waals surface area contributed by atoms with E-state index in [0.29, 0.717) is 24.6 Å². The van der Waals surface area contributed by atoms with Crippen LogP contribution in [-0.4, -0.2) is 30.2 Å². The maximum absolute atomic E-state index is 12.4. The molecule has 1 N–H and O–H groups in total. The number of hydrogen-bond acceptors (Lipinski definition) is 4. The van der Waals surface area contributed by atoms with Gasteiger partial charge in [0.2, 0.25) is 5.88 Å². The minimum atomic E-state index is -0.820. The molecule has 0 spiro atoms. The average Bonchev–Trinajstić information content (AvgIpc) is 2.49. The second kappa shape index (κ2) is 8.73. The van der Waals surface area contributed by atoms with E-state index in [1.165, 1.54) is 0 Å². The van der Waals surface area contributed by atoms with Crippen LogP contribution >= 0.6 is 0 Å². The van der Waals surface area contributed by atoms with Crippen LogP contribution in [0.1, 0.15) is 52.0 Å². The maximum atomic E-state index is 12.4. The van der Waals surface area contributed by atoms with Gasteiger partial charge in [-0.3, -0.25) is 4.79 Å². The normalized spacial score (nSPS) is 13.5. The number of methoxy groups -OCH3 is 1. The van der Waals surface area contributed by atoms with Gasteiger partial charge in [0.25, 0.3) is 5.91 Å². The van der Waals surface area contributed by atoms with E-state index in [1.54, 1.807) is 20.2 Å². The van der Waals surface area contributed by atoms with E-state index < -0.39 is 5.60 Å². The number of anilines is 1. The maximum Gasteiger partial charge on any atom is 0.256 e. The molecule has 0 bridgehead atoms. The number of aromatic nitrogens is 1.